The molecule has 7 heteroatoms. The molecule has 1 aromatic heterocycles. The van der Waals surface area contributed by atoms with Crippen LogP contribution in [0.25, 0.3) is 0 Å². The molecule has 1 rings (SSSR count). The number of rotatable bonds is 7. The largest absolute Gasteiger partial charge is 0.480 e. The number of aliphatic carboxylic acids is 1. The van der Waals surface area contributed by atoms with Crippen LogP contribution in [0.5, 0.6) is 0 Å². The number of nitrogens with one attached hydrogen (secondary N) is 2. The third-order valence-corrected chi connectivity index (χ3v) is 2.89. The molecule has 1 heterocycles. The Morgan fingerprint density at radius 2 is 2.11 bits per heavy atom. The van der Waals surface area contributed by atoms with Gasteiger partial charge in [0.2, 0.25) is 0 Å². The van der Waals surface area contributed by atoms with Gasteiger partial charge in [-0.05, 0) is 5.92 Å². The van der Waals surface area contributed by atoms with Crippen LogP contribution in [0, 0.1) is 5.92 Å². The SMILES string of the molecule is CCC(CC)CNC(=O)Nc1cnn(CC(=O)O)c1. The molecule has 1 aromatic rings. The number of aromatic nitrogens is 2. The molecule has 3 N–H and O–H groups in total. The van der Waals surface area contributed by atoms with E-state index >= 15 is 0 Å². The summed E-state index contributed by atoms with van der Waals surface area (Å²) < 4.78 is 1.25. The first-order valence-corrected chi connectivity index (χ1v) is 6.34. The molecule has 0 spiro atoms. The molecular weight excluding hydrogens is 248 g/mol. The minimum atomic E-state index is -0.979. The molecule has 0 fully saturated rings. The van der Waals surface area contributed by atoms with Crippen molar-refractivity contribution in [2.24, 2.45) is 5.92 Å². The van der Waals surface area contributed by atoms with Crippen molar-refractivity contribution in [1.29, 1.82) is 0 Å². The Morgan fingerprint density at radius 3 is 2.68 bits per heavy atom. The number of carboxylic acids is 1. The second-order valence-corrected chi connectivity index (χ2v) is 4.34. The fourth-order valence-electron chi connectivity index (χ4n) is 1.64. The molecule has 0 aliphatic rings. The van der Waals surface area contributed by atoms with Crippen LogP contribution in [0.15, 0.2) is 12.4 Å². The van der Waals surface area contributed by atoms with E-state index in [0.29, 0.717) is 18.2 Å². The van der Waals surface area contributed by atoms with E-state index in [4.69, 9.17) is 5.11 Å². The van der Waals surface area contributed by atoms with Crippen LogP contribution in [0.2, 0.25) is 0 Å². The van der Waals surface area contributed by atoms with Crippen LogP contribution >= 0.6 is 0 Å². The van der Waals surface area contributed by atoms with Gasteiger partial charge < -0.3 is 15.7 Å². The quantitative estimate of drug-likeness (QED) is 0.698. The summed E-state index contributed by atoms with van der Waals surface area (Å²) in [7, 11) is 0. The van der Waals surface area contributed by atoms with Gasteiger partial charge in [-0.2, -0.15) is 5.10 Å². The zero-order valence-corrected chi connectivity index (χ0v) is 11.2. The van der Waals surface area contributed by atoms with Crippen molar-refractivity contribution in [2.45, 2.75) is 33.2 Å². The van der Waals surface area contributed by atoms with Crippen LogP contribution in [0.1, 0.15) is 26.7 Å². The Bertz CT molecular complexity index is 426. The van der Waals surface area contributed by atoms with Gasteiger partial charge in [0.15, 0.2) is 0 Å². The molecule has 0 bridgehead atoms. The molecule has 0 atom stereocenters. The molecule has 0 aliphatic heterocycles. The Balaban J connectivity index is 2.39. The van der Waals surface area contributed by atoms with Crippen molar-refractivity contribution >= 4 is 17.7 Å². The standard InChI is InChI=1S/C12H20N4O3/c1-3-9(4-2)5-13-12(19)15-10-6-14-16(7-10)8-11(17)18/h6-7,9H,3-5,8H2,1-2H3,(H,17,18)(H2,13,15,19). The zero-order chi connectivity index (χ0) is 14.3. The van der Waals surface area contributed by atoms with Gasteiger partial charge in [0.25, 0.3) is 0 Å². The average Bonchev–Trinajstić information content (AvgIpc) is 2.76. The number of carboxylic acid groups (broad SMARTS) is 1. The fraction of sp³-hybridized carbons (Fsp3) is 0.583. The molecule has 2 amide bonds. The van der Waals surface area contributed by atoms with Gasteiger partial charge in [-0.15, -0.1) is 0 Å². The van der Waals surface area contributed by atoms with E-state index in [9.17, 15) is 9.59 Å². The number of urea groups is 1. The summed E-state index contributed by atoms with van der Waals surface area (Å²) in [4.78, 5) is 22.1. The molecule has 7 nitrogen and oxygen atoms in total. The van der Waals surface area contributed by atoms with Crippen molar-refractivity contribution < 1.29 is 14.7 Å². The third kappa shape index (κ3) is 5.41. The Labute approximate surface area is 112 Å². The smallest absolute Gasteiger partial charge is 0.325 e. The summed E-state index contributed by atoms with van der Waals surface area (Å²) in [6.07, 6.45) is 4.94. The van der Waals surface area contributed by atoms with E-state index in [2.05, 4.69) is 29.6 Å². The zero-order valence-electron chi connectivity index (χ0n) is 11.2. The number of amides is 2. The minimum absolute atomic E-state index is 0.225. The fourth-order valence-corrected chi connectivity index (χ4v) is 1.64. The van der Waals surface area contributed by atoms with Crippen LogP contribution in [0.4, 0.5) is 10.5 Å². The number of anilines is 1. The Hall–Kier alpha value is -2.05. The van der Waals surface area contributed by atoms with Crippen LogP contribution in [0.3, 0.4) is 0 Å². The van der Waals surface area contributed by atoms with Crippen LogP contribution < -0.4 is 10.6 Å². The van der Waals surface area contributed by atoms with Gasteiger partial charge in [0.05, 0.1) is 11.9 Å². The van der Waals surface area contributed by atoms with E-state index in [1.165, 1.54) is 17.1 Å². The molecular formula is C12H20N4O3. The predicted molar refractivity (Wildman–Crippen MR) is 71.0 cm³/mol. The van der Waals surface area contributed by atoms with E-state index in [1.807, 2.05) is 0 Å². The first-order chi connectivity index (χ1) is 9.05. The first kappa shape index (κ1) is 15.0. The summed E-state index contributed by atoms with van der Waals surface area (Å²) in [5.41, 5.74) is 0.475. The van der Waals surface area contributed by atoms with Gasteiger partial charge in [-0.3, -0.25) is 9.48 Å². The van der Waals surface area contributed by atoms with E-state index < -0.39 is 5.97 Å². The Morgan fingerprint density at radius 1 is 1.42 bits per heavy atom. The number of carbonyl (C=O) groups is 2. The second-order valence-electron chi connectivity index (χ2n) is 4.34. The van der Waals surface area contributed by atoms with Gasteiger partial charge in [0, 0.05) is 12.7 Å². The molecule has 0 radical (unpaired) electrons. The van der Waals surface area contributed by atoms with Crippen molar-refractivity contribution in [3.63, 3.8) is 0 Å². The lowest BCUT2D eigenvalue weighted by Crippen LogP contribution is -2.32. The van der Waals surface area contributed by atoms with Crippen molar-refractivity contribution in [2.75, 3.05) is 11.9 Å². The van der Waals surface area contributed by atoms with Crippen molar-refractivity contribution in [3.8, 4) is 0 Å². The third-order valence-electron chi connectivity index (χ3n) is 2.89. The minimum Gasteiger partial charge on any atom is -0.480 e. The number of nitrogens with zero attached hydrogens (tertiary/aromatic N) is 2. The maximum absolute atomic E-state index is 11.6. The lowest BCUT2D eigenvalue weighted by molar-refractivity contribution is -0.137. The van der Waals surface area contributed by atoms with E-state index in [-0.39, 0.29) is 12.6 Å². The molecule has 0 aliphatic carbocycles. The molecule has 106 valence electrons. The van der Waals surface area contributed by atoms with Crippen molar-refractivity contribution in [1.82, 2.24) is 15.1 Å². The molecule has 0 unspecified atom stereocenters. The maximum atomic E-state index is 11.6. The average molecular weight is 268 g/mol. The summed E-state index contributed by atoms with van der Waals surface area (Å²) in [5.74, 6) is -0.506. The molecule has 0 saturated carbocycles. The predicted octanol–water partition coefficient (Wildman–Crippen LogP) is 1.53. The van der Waals surface area contributed by atoms with Gasteiger partial charge in [-0.1, -0.05) is 26.7 Å². The second kappa shape index (κ2) is 7.40. The molecule has 0 aromatic carbocycles. The Kier molecular flexibility index (Phi) is 5.84. The normalized spacial score (nSPS) is 10.5. The lowest BCUT2D eigenvalue weighted by Gasteiger charge is -2.13. The van der Waals surface area contributed by atoms with Gasteiger partial charge in [-0.25, -0.2) is 4.79 Å². The number of carbonyl (C=O) groups excluding carboxylic acids is 1. The maximum Gasteiger partial charge on any atom is 0.325 e. The highest BCUT2D eigenvalue weighted by atomic mass is 16.4. The van der Waals surface area contributed by atoms with E-state index in [0.717, 1.165) is 12.8 Å². The summed E-state index contributed by atoms with van der Waals surface area (Å²) >= 11 is 0. The summed E-state index contributed by atoms with van der Waals surface area (Å²) in [6, 6.07) is -0.304. The lowest BCUT2D eigenvalue weighted by atomic mass is 10.0. The molecule has 19 heavy (non-hydrogen) atoms. The highest BCUT2D eigenvalue weighted by molar-refractivity contribution is 5.88. The topological polar surface area (TPSA) is 96.3 Å². The number of hydrogen-bond donors (Lipinski definition) is 3. The summed E-state index contributed by atoms with van der Waals surface area (Å²) in [6.45, 7) is 4.58. The van der Waals surface area contributed by atoms with Gasteiger partial charge in [0.1, 0.15) is 6.54 Å². The number of hydrogen-bond acceptors (Lipinski definition) is 3. The van der Waals surface area contributed by atoms with Crippen LogP contribution in [-0.2, 0) is 11.3 Å². The van der Waals surface area contributed by atoms with Crippen molar-refractivity contribution in [3.05, 3.63) is 12.4 Å². The molecule has 0 saturated heterocycles. The van der Waals surface area contributed by atoms with Gasteiger partial charge >= 0.3 is 12.0 Å². The summed E-state index contributed by atoms with van der Waals surface area (Å²) in [5, 5.41) is 17.8. The highest BCUT2D eigenvalue weighted by Crippen LogP contribution is 2.06. The first-order valence-electron chi connectivity index (χ1n) is 6.34. The highest BCUT2D eigenvalue weighted by Gasteiger charge is 2.08. The monoisotopic (exact) mass is 268 g/mol. The van der Waals surface area contributed by atoms with E-state index in [1.54, 1.807) is 0 Å². The van der Waals surface area contributed by atoms with Crippen LogP contribution in [-0.4, -0.2) is 33.4 Å².